The van der Waals surface area contributed by atoms with E-state index in [1.165, 1.54) is 23.0 Å². The standard InChI is InChI=1S/C19H19N5O2S2/c1-12-11-27-19(21-12)22-14-4-2-13(3-5-14)8-9-20-18-23-16-7-6-15(24(25)26)10-17(16)28-18/h2-7,10,12H,8-9,11H2,1H3,(H,20,23)(H,21,22)/t12-/m1/s1. The molecule has 9 heteroatoms. The number of hydrogen-bond donors (Lipinski definition) is 2. The van der Waals surface area contributed by atoms with Crippen LogP contribution in [0.1, 0.15) is 12.5 Å². The molecule has 3 aromatic rings. The Morgan fingerprint density at radius 2 is 2.07 bits per heavy atom. The molecule has 0 radical (unpaired) electrons. The van der Waals surface area contributed by atoms with Crippen LogP contribution in [0.5, 0.6) is 0 Å². The summed E-state index contributed by atoms with van der Waals surface area (Å²) in [6.45, 7) is 2.86. The van der Waals surface area contributed by atoms with Crippen molar-refractivity contribution in [3.63, 3.8) is 0 Å². The number of benzene rings is 2. The minimum atomic E-state index is -0.386. The number of fused-ring (bicyclic) bond motifs is 1. The van der Waals surface area contributed by atoms with E-state index >= 15 is 0 Å². The lowest BCUT2D eigenvalue weighted by atomic mass is 10.1. The van der Waals surface area contributed by atoms with Gasteiger partial charge in [-0.2, -0.15) is 0 Å². The van der Waals surface area contributed by atoms with Crippen LogP contribution < -0.4 is 10.6 Å². The lowest BCUT2D eigenvalue weighted by Crippen LogP contribution is -2.06. The molecule has 0 aliphatic carbocycles. The van der Waals surface area contributed by atoms with E-state index in [1.807, 2.05) is 0 Å². The number of anilines is 2. The summed E-state index contributed by atoms with van der Waals surface area (Å²) in [6.07, 6.45) is 0.864. The molecule has 0 unspecified atom stereocenters. The van der Waals surface area contributed by atoms with Crippen molar-refractivity contribution in [3.05, 3.63) is 58.1 Å². The molecule has 1 aliphatic rings. The first-order valence-corrected chi connectivity index (χ1v) is 10.7. The second-order valence-corrected chi connectivity index (χ2v) is 8.56. The summed E-state index contributed by atoms with van der Waals surface area (Å²) < 4.78 is 0.814. The summed E-state index contributed by atoms with van der Waals surface area (Å²) in [5.74, 6) is 1.03. The van der Waals surface area contributed by atoms with Gasteiger partial charge in [0.1, 0.15) is 0 Å². The van der Waals surface area contributed by atoms with Crippen LogP contribution in [0, 0.1) is 10.1 Å². The number of nitrogens with zero attached hydrogens (tertiary/aromatic N) is 3. The van der Waals surface area contributed by atoms with Gasteiger partial charge in [0.2, 0.25) is 0 Å². The van der Waals surface area contributed by atoms with E-state index in [1.54, 1.807) is 23.9 Å². The van der Waals surface area contributed by atoms with Crippen LogP contribution in [0.2, 0.25) is 0 Å². The topological polar surface area (TPSA) is 92.5 Å². The lowest BCUT2D eigenvalue weighted by Gasteiger charge is -2.07. The minimum Gasteiger partial charge on any atom is -0.361 e. The summed E-state index contributed by atoms with van der Waals surface area (Å²) in [5, 5.41) is 19.3. The Morgan fingerprint density at radius 1 is 1.25 bits per heavy atom. The number of amidine groups is 1. The van der Waals surface area contributed by atoms with Gasteiger partial charge in [0.05, 0.1) is 21.2 Å². The van der Waals surface area contributed by atoms with E-state index in [9.17, 15) is 10.1 Å². The first kappa shape index (κ1) is 18.7. The Hall–Kier alpha value is -2.65. The predicted molar refractivity (Wildman–Crippen MR) is 118 cm³/mol. The fourth-order valence-electron chi connectivity index (χ4n) is 2.84. The average Bonchev–Trinajstić information content (AvgIpc) is 3.27. The predicted octanol–water partition coefficient (Wildman–Crippen LogP) is 4.76. The van der Waals surface area contributed by atoms with E-state index in [0.29, 0.717) is 6.04 Å². The minimum absolute atomic E-state index is 0.0906. The number of rotatable bonds is 6. The molecule has 0 bridgehead atoms. The van der Waals surface area contributed by atoms with Gasteiger partial charge in [-0.15, -0.1) is 0 Å². The Morgan fingerprint density at radius 3 is 2.79 bits per heavy atom. The molecule has 0 saturated carbocycles. The number of thiazole rings is 1. The molecule has 0 spiro atoms. The summed E-state index contributed by atoms with van der Waals surface area (Å²) in [7, 11) is 0. The third-order valence-electron chi connectivity index (χ3n) is 4.28. The highest BCUT2D eigenvalue weighted by Crippen LogP contribution is 2.29. The number of aromatic nitrogens is 1. The highest BCUT2D eigenvalue weighted by Gasteiger charge is 2.13. The van der Waals surface area contributed by atoms with Crippen molar-refractivity contribution in [2.24, 2.45) is 4.99 Å². The van der Waals surface area contributed by atoms with E-state index in [-0.39, 0.29) is 10.6 Å². The number of aliphatic imine (C=N–C) groups is 1. The maximum atomic E-state index is 10.9. The zero-order valence-electron chi connectivity index (χ0n) is 15.2. The zero-order valence-corrected chi connectivity index (χ0v) is 16.8. The normalized spacial score (nSPS) is 16.2. The van der Waals surface area contributed by atoms with Gasteiger partial charge in [0.25, 0.3) is 5.69 Å². The van der Waals surface area contributed by atoms with Gasteiger partial charge in [0, 0.05) is 30.1 Å². The van der Waals surface area contributed by atoms with Crippen molar-refractivity contribution < 1.29 is 4.92 Å². The summed E-state index contributed by atoms with van der Waals surface area (Å²) in [4.78, 5) is 19.5. The number of hydrogen-bond acceptors (Lipinski definition) is 8. The largest absolute Gasteiger partial charge is 0.361 e. The molecule has 7 nitrogen and oxygen atoms in total. The van der Waals surface area contributed by atoms with Gasteiger partial charge in [-0.3, -0.25) is 15.1 Å². The lowest BCUT2D eigenvalue weighted by molar-refractivity contribution is -0.384. The highest BCUT2D eigenvalue weighted by molar-refractivity contribution is 8.14. The maximum Gasteiger partial charge on any atom is 0.270 e. The molecular formula is C19H19N5O2S2. The monoisotopic (exact) mass is 413 g/mol. The molecule has 1 aliphatic heterocycles. The number of nitrogens with one attached hydrogen (secondary N) is 2. The van der Waals surface area contributed by atoms with Crippen LogP contribution in [0.3, 0.4) is 0 Å². The van der Waals surface area contributed by atoms with Crippen molar-refractivity contribution in [2.45, 2.75) is 19.4 Å². The Labute approximate surface area is 170 Å². The van der Waals surface area contributed by atoms with Gasteiger partial charge >= 0.3 is 0 Å². The van der Waals surface area contributed by atoms with Crippen LogP contribution in [0.15, 0.2) is 47.5 Å². The molecule has 0 fully saturated rings. The summed E-state index contributed by atoms with van der Waals surface area (Å²) in [6, 6.07) is 13.5. The highest BCUT2D eigenvalue weighted by atomic mass is 32.2. The van der Waals surface area contributed by atoms with E-state index in [2.05, 4.69) is 51.8 Å². The molecule has 0 saturated heterocycles. The molecule has 4 rings (SSSR count). The fraction of sp³-hybridized carbons (Fsp3) is 0.263. The third kappa shape index (κ3) is 4.42. The molecule has 2 heterocycles. The Bertz CT molecular complexity index is 1030. The quantitative estimate of drug-likeness (QED) is 0.447. The Kier molecular flexibility index (Phi) is 5.45. The zero-order chi connectivity index (χ0) is 19.5. The average molecular weight is 414 g/mol. The van der Waals surface area contributed by atoms with Crippen LogP contribution in [0.25, 0.3) is 10.2 Å². The molecular weight excluding hydrogens is 394 g/mol. The smallest absolute Gasteiger partial charge is 0.270 e. The van der Waals surface area contributed by atoms with Crippen molar-refractivity contribution in [1.82, 2.24) is 4.98 Å². The van der Waals surface area contributed by atoms with Crippen LogP contribution in [0.4, 0.5) is 16.5 Å². The number of nitro groups is 1. The van der Waals surface area contributed by atoms with Crippen LogP contribution >= 0.6 is 23.1 Å². The molecule has 2 aromatic carbocycles. The molecule has 144 valence electrons. The Balaban J connectivity index is 1.31. The van der Waals surface area contributed by atoms with Gasteiger partial charge < -0.3 is 10.6 Å². The third-order valence-corrected chi connectivity index (χ3v) is 6.38. The molecule has 1 aromatic heterocycles. The van der Waals surface area contributed by atoms with E-state index in [4.69, 9.17) is 0 Å². The van der Waals surface area contributed by atoms with Crippen molar-refractivity contribution >= 4 is 55.0 Å². The van der Waals surface area contributed by atoms with Crippen molar-refractivity contribution in [1.29, 1.82) is 0 Å². The molecule has 2 N–H and O–H groups in total. The van der Waals surface area contributed by atoms with Gasteiger partial charge in [-0.25, -0.2) is 4.98 Å². The van der Waals surface area contributed by atoms with Crippen LogP contribution in [-0.2, 0) is 6.42 Å². The van der Waals surface area contributed by atoms with Crippen molar-refractivity contribution in [3.8, 4) is 0 Å². The molecule has 28 heavy (non-hydrogen) atoms. The number of nitro benzene ring substituents is 1. The molecule has 1 atom stereocenters. The second kappa shape index (κ2) is 8.15. The van der Waals surface area contributed by atoms with E-state index < -0.39 is 0 Å². The van der Waals surface area contributed by atoms with Crippen LogP contribution in [-0.4, -0.2) is 33.4 Å². The van der Waals surface area contributed by atoms with Gasteiger partial charge in [-0.05, 0) is 37.1 Å². The maximum absolute atomic E-state index is 10.9. The summed E-state index contributed by atoms with van der Waals surface area (Å²) >= 11 is 3.18. The summed E-state index contributed by atoms with van der Waals surface area (Å²) in [5.41, 5.74) is 3.14. The SMILES string of the molecule is C[C@@H]1CSC(Nc2ccc(CCNc3nc4ccc([N+](=O)[O-])cc4s3)cc2)=N1. The second-order valence-electron chi connectivity index (χ2n) is 6.52. The number of non-ortho nitro benzene ring substituents is 1. The first-order valence-electron chi connectivity index (χ1n) is 8.92. The fourth-order valence-corrected chi connectivity index (χ4v) is 4.68. The first-order chi connectivity index (χ1) is 13.6. The van der Waals surface area contributed by atoms with E-state index in [0.717, 1.165) is 44.9 Å². The van der Waals surface area contributed by atoms with Gasteiger partial charge in [0.15, 0.2) is 10.3 Å². The van der Waals surface area contributed by atoms with Crippen molar-refractivity contribution in [2.75, 3.05) is 22.9 Å². The molecule has 0 amide bonds. The number of thioether (sulfide) groups is 1. The van der Waals surface area contributed by atoms with Gasteiger partial charge in [-0.1, -0.05) is 35.2 Å².